The third-order valence-corrected chi connectivity index (χ3v) is 7.96. The summed E-state index contributed by atoms with van der Waals surface area (Å²) in [5.74, 6) is 1.18. The Labute approximate surface area is 220 Å². The molecule has 2 aromatic carbocycles. The molecule has 0 radical (unpaired) electrons. The number of aliphatic imine (C=N–C) groups is 1. The van der Waals surface area contributed by atoms with E-state index in [2.05, 4.69) is 30.8 Å². The van der Waals surface area contributed by atoms with Gasteiger partial charge in [0.15, 0.2) is 11.2 Å². The molecule has 1 saturated carbocycles. The van der Waals surface area contributed by atoms with Gasteiger partial charge < -0.3 is 14.2 Å². The van der Waals surface area contributed by atoms with Crippen molar-refractivity contribution in [3.8, 4) is 11.5 Å². The lowest BCUT2D eigenvalue weighted by Gasteiger charge is -2.39. The molecule has 5 rings (SSSR count). The van der Waals surface area contributed by atoms with E-state index in [4.69, 9.17) is 14.5 Å². The molecule has 1 N–H and O–H groups in total. The van der Waals surface area contributed by atoms with Gasteiger partial charge in [-0.2, -0.15) is 4.99 Å². The van der Waals surface area contributed by atoms with E-state index in [-0.39, 0.29) is 29.1 Å². The van der Waals surface area contributed by atoms with Gasteiger partial charge in [-0.3, -0.25) is 10.1 Å². The van der Waals surface area contributed by atoms with Crippen molar-refractivity contribution < 1.29 is 32.2 Å². The number of ether oxygens (including phenoxy) is 3. The zero-order valence-electron chi connectivity index (χ0n) is 22.2. The van der Waals surface area contributed by atoms with Crippen LogP contribution in [-0.4, -0.2) is 44.6 Å². The topological polar surface area (TPSA) is 69.2 Å². The lowest BCUT2D eigenvalue weighted by Crippen LogP contribution is -2.48. The number of quaternary nitrogens is 1. The molecule has 10 heteroatoms. The number of guanidine groups is 1. The highest BCUT2D eigenvalue weighted by Crippen LogP contribution is 2.65. The minimum atomic E-state index is -4.75. The molecule has 38 heavy (non-hydrogen) atoms. The number of hydrogen-bond acceptors (Lipinski definition) is 6. The zero-order valence-corrected chi connectivity index (χ0v) is 22.2. The first kappa shape index (κ1) is 26.3. The summed E-state index contributed by atoms with van der Waals surface area (Å²) >= 11 is 0. The van der Waals surface area contributed by atoms with Crippen molar-refractivity contribution in [1.29, 1.82) is 0 Å². The SMILES string of the molecule is COC(=O)Cc1cc2c(cc1OC)[N+]1(CC13C[C@H](C)CC(C)(C)C3)C(Nc1ccc(OC(F)(F)F)cc1)=N2. The van der Waals surface area contributed by atoms with E-state index < -0.39 is 6.36 Å². The van der Waals surface area contributed by atoms with Crippen LogP contribution in [0.15, 0.2) is 41.4 Å². The number of alkyl halides is 3. The molecule has 2 aromatic rings. The molecular weight excluding hydrogens is 499 g/mol. The number of halogens is 3. The Kier molecular flexibility index (Phi) is 6.17. The van der Waals surface area contributed by atoms with Gasteiger partial charge in [-0.25, -0.2) is 4.48 Å². The number of methoxy groups -OCH3 is 2. The summed E-state index contributed by atoms with van der Waals surface area (Å²) in [6.45, 7) is 7.76. The fraction of sp³-hybridized carbons (Fsp3) is 0.500. The molecule has 2 fully saturated rings. The molecule has 0 bridgehead atoms. The highest BCUT2D eigenvalue weighted by molar-refractivity contribution is 6.12. The average Bonchev–Trinajstić information content (AvgIpc) is 3.32. The number of carbonyl (C=O) groups is 1. The van der Waals surface area contributed by atoms with Crippen LogP contribution in [0.2, 0.25) is 0 Å². The number of nitrogens with zero attached hydrogens (tertiary/aromatic N) is 2. The first-order valence-corrected chi connectivity index (χ1v) is 12.7. The van der Waals surface area contributed by atoms with Crippen LogP contribution in [0.25, 0.3) is 0 Å². The van der Waals surface area contributed by atoms with Crippen molar-refractivity contribution in [3.05, 3.63) is 42.0 Å². The second-order valence-corrected chi connectivity index (χ2v) is 11.6. The van der Waals surface area contributed by atoms with Crippen molar-refractivity contribution in [2.45, 2.75) is 58.4 Å². The Hall–Kier alpha value is -3.27. The molecule has 0 amide bonds. The van der Waals surface area contributed by atoms with Gasteiger partial charge in [0.2, 0.25) is 0 Å². The molecule has 204 valence electrons. The largest absolute Gasteiger partial charge is 0.573 e. The Morgan fingerprint density at radius 3 is 2.47 bits per heavy atom. The average molecular weight is 533 g/mol. The summed E-state index contributed by atoms with van der Waals surface area (Å²) in [4.78, 5) is 17.0. The Morgan fingerprint density at radius 1 is 1.16 bits per heavy atom. The van der Waals surface area contributed by atoms with Crippen LogP contribution >= 0.6 is 0 Å². The summed E-state index contributed by atoms with van der Waals surface area (Å²) in [7, 11) is 2.93. The van der Waals surface area contributed by atoms with Crippen LogP contribution in [-0.2, 0) is 16.0 Å². The maximum Gasteiger partial charge on any atom is 0.573 e. The normalized spacial score (nSPS) is 27.1. The molecule has 7 nitrogen and oxygen atoms in total. The summed E-state index contributed by atoms with van der Waals surface area (Å²) in [5, 5.41) is 3.41. The molecule has 3 aliphatic rings. The van der Waals surface area contributed by atoms with Crippen LogP contribution in [0.3, 0.4) is 0 Å². The number of fused-ring (bicyclic) bond motifs is 3. The molecule has 3 atom stereocenters. The van der Waals surface area contributed by atoms with Crippen LogP contribution in [0, 0.1) is 11.3 Å². The first-order valence-electron chi connectivity index (χ1n) is 12.7. The smallest absolute Gasteiger partial charge is 0.496 e. The number of carbonyl (C=O) groups excluding carboxylic acids is 1. The van der Waals surface area contributed by atoms with Crippen LogP contribution < -0.4 is 19.3 Å². The Bertz CT molecular complexity index is 1290. The second kappa shape index (κ2) is 8.90. The third-order valence-electron chi connectivity index (χ3n) is 7.96. The summed E-state index contributed by atoms with van der Waals surface area (Å²) in [6.07, 6.45) is -1.51. The van der Waals surface area contributed by atoms with Gasteiger partial charge >= 0.3 is 18.3 Å². The Balaban J connectivity index is 1.55. The first-order chi connectivity index (χ1) is 17.8. The van der Waals surface area contributed by atoms with Crippen LogP contribution in [0.4, 0.5) is 30.2 Å². The standard InChI is InChI=1S/C28H33F3N3O4/c1-17-13-26(2,3)15-27(14-17)16-34(27)22-12-23(36-4)18(11-24(35)37-5)10-21(22)33-25(34)32-19-6-8-20(9-7-19)38-28(29,30)31/h6-10,12,17H,11,13-16H2,1-5H3,(H,32,33)/q+1/t17-,27?,34?/m1/s1. The number of nitrogens with one attached hydrogen (secondary N) is 1. The predicted molar refractivity (Wildman–Crippen MR) is 139 cm³/mol. The van der Waals surface area contributed by atoms with Gasteiger partial charge in [0.25, 0.3) is 0 Å². The van der Waals surface area contributed by atoms with Crippen molar-refractivity contribution in [2.24, 2.45) is 16.3 Å². The van der Waals surface area contributed by atoms with Gasteiger partial charge in [-0.15, -0.1) is 13.2 Å². The monoisotopic (exact) mass is 532 g/mol. The van der Waals surface area contributed by atoms with E-state index >= 15 is 0 Å². The number of anilines is 1. The van der Waals surface area contributed by atoms with Crippen molar-refractivity contribution in [3.63, 3.8) is 0 Å². The van der Waals surface area contributed by atoms with E-state index in [1.165, 1.54) is 19.2 Å². The lowest BCUT2D eigenvalue weighted by molar-refractivity contribution is -0.274. The van der Waals surface area contributed by atoms with E-state index in [9.17, 15) is 18.0 Å². The van der Waals surface area contributed by atoms with Gasteiger partial charge in [0, 0.05) is 30.2 Å². The van der Waals surface area contributed by atoms with Gasteiger partial charge in [0.1, 0.15) is 23.7 Å². The zero-order chi connectivity index (χ0) is 27.5. The summed E-state index contributed by atoms with van der Waals surface area (Å²) in [6, 6.07) is 9.52. The van der Waals surface area contributed by atoms with E-state index in [1.54, 1.807) is 19.2 Å². The molecule has 2 heterocycles. The summed E-state index contributed by atoms with van der Waals surface area (Å²) in [5.41, 5.74) is 3.13. The van der Waals surface area contributed by atoms with Gasteiger partial charge in [0.05, 0.1) is 20.6 Å². The Morgan fingerprint density at radius 2 is 1.87 bits per heavy atom. The maximum absolute atomic E-state index is 12.6. The van der Waals surface area contributed by atoms with E-state index in [0.717, 1.165) is 37.2 Å². The number of rotatable bonds is 5. The quantitative estimate of drug-likeness (QED) is 0.277. The highest BCUT2D eigenvalue weighted by Gasteiger charge is 2.78. The van der Waals surface area contributed by atoms with Gasteiger partial charge in [-0.05, 0) is 48.1 Å². The number of benzene rings is 2. The molecule has 2 spiro atoms. The molecule has 2 aliphatic heterocycles. The minimum absolute atomic E-state index is 0.0567. The van der Waals surface area contributed by atoms with Crippen molar-refractivity contribution in [2.75, 3.05) is 26.1 Å². The molecule has 2 unspecified atom stereocenters. The number of esters is 1. The maximum atomic E-state index is 12.6. The second-order valence-electron chi connectivity index (χ2n) is 11.6. The van der Waals surface area contributed by atoms with Gasteiger partial charge in [-0.1, -0.05) is 20.8 Å². The minimum Gasteiger partial charge on any atom is -0.496 e. The van der Waals surface area contributed by atoms with Crippen LogP contribution in [0.5, 0.6) is 11.5 Å². The number of hydrogen-bond donors (Lipinski definition) is 1. The van der Waals surface area contributed by atoms with Crippen molar-refractivity contribution >= 4 is 29.0 Å². The molecular formula is C28H33F3N3O4+. The third kappa shape index (κ3) is 4.59. The fourth-order valence-corrected chi connectivity index (χ4v) is 7.01. The van der Waals surface area contributed by atoms with Crippen molar-refractivity contribution in [1.82, 2.24) is 4.48 Å². The molecule has 1 aliphatic carbocycles. The predicted octanol–water partition coefficient (Wildman–Crippen LogP) is 6.33. The highest BCUT2D eigenvalue weighted by atomic mass is 19.4. The molecule has 1 saturated heterocycles. The summed E-state index contributed by atoms with van der Waals surface area (Å²) < 4.78 is 53.0. The fourth-order valence-electron chi connectivity index (χ4n) is 7.01. The van der Waals surface area contributed by atoms with Crippen LogP contribution in [0.1, 0.15) is 45.6 Å². The lowest BCUT2D eigenvalue weighted by atomic mass is 9.67. The van der Waals surface area contributed by atoms with E-state index in [0.29, 0.717) is 33.4 Å². The van der Waals surface area contributed by atoms with E-state index in [1.807, 2.05) is 12.1 Å². The molecule has 0 aromatic heterocycles.